The van der Waals surface area contributed by atoms with E-state index >= 15 is 0 Å². The molecule has 24 heavy (non-hydrogen) atoms. The number of hydrogen-bond acceptors (Lipinski definition) is 3. The maximum atomic E-state index is 13.7. The highest BCUT2D eigenvalue weighted by Gasteiger charge is 2.08. The molecule has 0 aliphatic rings. The third-order valence-electron chi connectivity index (χ3n) is 3.35. The van der Waals surface area contributed by atoms with E-state index in [1.54, 1.807) is 30.3 Å². The molecule has 1 N–H and O–H groups in total. The molecule has 0 aliphatic heterocycles. The molecule has 4 nitrogen and oxygen atoms in total. The number of hydrazone groups is 1. The molecule has 1 heterocycles. The Morgan fingerprint density at radius 3 is 2.58 bits per heavy atom. The van der Waals surface area contributed by atoms with Crippen molar-refractivity contribution >= 4 is 12.1 Å². The van der Waals surface area contributed by atoms with Gasteiger partial charge in [0.15, 0.2) is 0 Å². The van der Waals surface area contributed by atoms with Crippen LogP contribution in [0.5, 0.6) is 0 Å². The first-order valence-corrected chi connectivity index (χ1v) is 7.43. The van der Waals surface area contributed by atoms with Crippen LogP contribution in [0.15, 0.2) is 76.2 Å². The van der Waals surface area contributed by atoms with Gasteiger partial charge in [0.2, 0.25) is 5.91 Å². The minimum Gasteiger partial charge on any atom is -0.455 e. The van der Waals surface area contributed by atoms with Gasteiger partial charge in [0.25, 0.3) is 0 Å². The smallest absolute Gasteiger partial charge is 0.244 e. The summed E-state index contributed by atoms with van der Waals surface area (Å²) in [6.45, 7) is 0. The Morgan fingerprint density at radius 1 is 1.04 bits per heavy atom. The molecule has 0 radical (unpaired) electrons. The maximum absolute atomic E-state index is 13.7. The number of furan rings is 1. The number of carbonyl (C=O) groups excluding carboxylic acids is 1. The lowest BCUT2D eigenvalue weighted by molar-refractivity contribution is -0.120. The predicted octanol–water partition coefficient (Wildman–Crippen LogP) is 3.78. The Bertz CT molecular complexity index is 857. The average molecular weight is 322 g/mol. The Balaban J connectivity index is 1.60. The van der Waals surface area contributed by atoms with Crippen molar-refractivity contribution in [2.75, 3.05) is 0 Å². The lowest BCUT2D eigenvalue weighted by atomic mass is 10.1. The zero-order valence-electron chi connectivity index (χ0n) is 12.8. The topological polar surface area (TPSA) is 54.6 Å². The van der Waals surface area contributed by atoms with Crippen LogP contribution in [0.2, 0.25) is 0 Å². The molecule has 0 bridgehead atoms. The van der Waals surface area contributed by atoms with Crippen LogP contribution in [0.25, 0.3) is 11.3 Å². The van der Waals surface area contributed by atoms with Crippen molar-refractivity contribution in [2.24, 2.45) is 5.10 Å². The van der Waals surface area contributed by atoms with Gasteiger partial charge in [0, 0.05) is 0 Å². The monoisotopic (exact) mass is 322 g/mol. The normalized spacial score (nSPS) is 10.9. The number of rotatable bonds is 5. The summed E-state index contributed by atoms with van der Waals surface area (Å²) in [5, 5.41) is 3.86. The van der Waals surface area contributed by atoms with E-state index in [9.17, 15) is 9.18 Å². The fourth-order valence-electron chi connectivity index (χ4n) is 2.22. The molecular formula is C19H15FN2O2. The van der Waals surface area contributed by atoms with Crippen LogP contribution in [0.3, 0.4) is 0 Å². The summed E-state index contributed by atoms with van der Waals surface area (Å²) < 4.78 is 19.2. The number of carbonyl (C=O) groups is 1. The highest BCUT2D eigenvalue weighted by molar-refractivity contribution is 5.82. The third-order valence-corrected chi connectivity index (χ3v) is 3.35. The van der Waals surface area contributed by atoms with Gasteiger partial charge in [0.1, 0.15) is 17.3 Å². The first-order valence-electron chi connectivity index (χ1n) is 7.43. The fourth-order valence-corrected chi connectivity index (χ4v) is 2.22. The summed E-state index contributed by atoms with van der Waals surface area (Å²) in [6, 6.07) is 19.1. The standard InChI is InChI=1S/C19H15FN2O2/c20-17-9-5-4-8-16(17)18-11-10-15(24-18)13-21-22-19(23)12-14-6-2-1-3-7-14/h1-11,13H,12H2,(H,22,23)/b21-13+. The van der Waals surface area contributed by atoms with Gasteiger partial charge in [-0.1, -0.05) is 42.5 Å². The van der Waals surface area contributed by atoms with E-state index in [0.717, 1.165) is 5.56 Å². The SMILES string of the molecule is O=C(Cc1ccccc1)N/N=C/c1ccc(-c2ccccc2F)o1. The van der Waals surface area contributed by atoms with Crippen LogP contribution < -0.4 is 5.43 Å². The van der Waals surface area contributed by atoms with Gasteiger partial charge in [-0.05, 0) is 29.8 Å². The van der Waals surface area contributed by atoms with E-state index in [2.05, 4.69) is 10.5 Å². The third kappa shape index (κ3) is 3.95. The summed E-state index contributed by atoms with van der Waals surface area (Å²) in [5.74, 6) is 0.253. The molecule has 1 aromatic heterocycles. The van der Waals surface area contributed by atoms with Gasteiger partial charge in [-0.3, -0.25) is 4.79 Å². The van der Waals surface area contributed by atoms with E-state index in [1.807, 2.05) is 30.3 Å². The number of benzene rings is 2. The molecule has 5 heteroatoms. The van der Waals surface area contributed by atoms with Gasteiger partial charge >= 0.3 is 0 Å². The van der Waals surface area contributed by atoms with Crippen molar-refractivity contribution in [2.45, 2.75) is 6.42 Å². The van der Waals surface area contributed by atoms with Crippen LogP contribution in [-0.4, -0.2) is 12.1 Å². The summed E-state index contributed by atoms with van der Waals surface area (Å²) in [4.78, 5) is 11.8. The van der Waals surface area contributed by atoms with Crippen LogP contribution in [0, 0.1) is 5.82 Å². The summed E-state index contributed by atoms with van der Waals surface area (Å²) in [7, 11) is 0. The van der Waals surface area contributed by atoms with E-state index < -0.39 is 0 Å². The van der Waals surface area contributed by atoms with Gasteiger partial charge < -0.3 is 4.42 Å². The maximum Gasteiger partial charge on any atom is 0.244 e. The number of hydrogen-bond donors (Lipinski definition) is 1. The molecule has 0 unspecified atom stereocenters. The zero-order valence-corrected chi connectivity index (χ0v) is 12.8. The molecule has 0 saturated carbocycles. The van der Waals surface area contributed by atoms with Crippen LogP contribution in [-0.2, 0) is 11.2 Å². The van der Waals surface area contributed by atoms with Crippen molar-refractivity contribution in [3.63, 3.8) is 0 Å². The molecule has 2 aromatic carbocycles. The Kier molecular flexibility index (Phi) is 4.81. The molecule has 120 valence electrons. The van der Waals surface area contributed by atoms with Gasteiger partial charge in [0.05, 0.1) is 18.2 Å². The second-order valence-corrected chi connectivity index (χ2v) is 5.14. The van der Waals surface area contributed by atoms with Crippen molar-refractivity contribution in [3.05, 3.63) is 83.9 Å². The molecule has 0 spiro atoms. The Labute approximate surface area is 138 Å². The molecule has 0 fully saturated rings. The molecule has 0 saturated heterocycles. The average Bonchev–Trinajstić information content (AvgIpc) is 3.05. The molecule has 3 aromatic rings. The van der Waals surface area contributed by atoms with Crippen molar-refractivity contribution in [1.29, 1.82) is 0 Å². The van der Waals surface area contributed by atoms with E-state index in [-0.39, 0.29) is 18.1 Å². The van der Waals surface area contributed by atoms with Crippen LogP contribution >= 0.6 is 0 Å². The minimum absolute atomic E-state index is 0.224. The molecule has 1 amide bonds. The quantitative estimate of drug-likeness (QED) is 0.574. The predicted molar refractivity (Wildman–Crippen MR) is 90.0 cm³/mol. The fraction of sp³-hybridized carbons (Fsp3) is 0.0526. The number of amides is 1. The number of nitrogens with one attached hydrogen (secondary N) is 1. The second-order valence-electron chi connectivity index (χ2n) is 5.14. The summed E-state index contributed by atoms with van der Waals surface area (Å²) >= 11 is 0. The van der Waals surface area contributed by atoms with Crippen molar-refractivity contribution in [1.82, 2.24) is 5.43 Å². The van der Waals surface area contributed by atoms with Gasteiger partial charge in [-0.2, -0.15) is 5.10 Å². The first-order chi connectivity index (χ1) is 11.7. The van der Waals surface area contributed by atoms with E-state index in [0.29, 0.717) is 17.1 Å². The highest BCUT2D eigenvalue weighted by atomic mass is 19.1. The highest BCUT2D eigenvalue weighted by Crippen LogP contribution is 2.24. The zero-order chi connectivity index (χ0) is 16.8. The second kappa shape index (κ2) is 7.37. The minimum atomic E-state index is -0.355. The van der Waals surface area contributed by atoms with Gasteiger partial charge in [-0.15, -0.1) is 0 Å². The lowest BCUT2D eigenvalue weighted by Gasteiger charge is -1.99. The largest absolute Gasteiger partial charge is 0.455 e. The molecule has 3 rings (SSSR count). The summed E-state index contributed by atoms with van der Waals surface area (Å²) in [5.41, 5.74) is 3.72. The first kappa shape index (κ1) is 15.7. The molecule has 0 aliphatic carbocycles. The van der Waals surface area contributed by atoms with Gasteiger partial charge in [-0.25, -0.2) is 9.82 Å². The Morgan fingerprint density at radius 2 is 1.79 bits per heavy atom. The lowest BCUT2D eigenvalue weighted by Crippen LogP contribution is -2.19. The van der Waals surface area contributed by atoms with E-state index in [4.69, 9.17) is 4.42 Å². The molecular weight excluding hydrogens is 307 g/mol. The number of halogens is 1. The van der Waals surface area contributed by atoms with Crippen LogP contribution in [0.1, 0.15) is 11.3 Å². The van der Waals surface area contributed by atoms with Crippen molar-refractivity contribution in [3.8, 4) is 11.3 Å². The van der Waals surface area contributed by atoms with E-state index in [1.165, 1.54) is 12.3 Å². The van der Waals surface area contributed by atoms with Crippen molar-refractivity contribution < 1.29 is 13.6 Å². The van der Waals surface area contributed by atoms with Crippen LogP contribution in [0.4, 0.5) is 4.39 Å². The molecule has 0 atom stereocenters. The Hall–Kier alpha value is -3.21. The summed E-state index contributed by atoms with van der Waals surface area (Å²) in [6.07, 6.45) is 1.63. The number of nitrogens with zero attached hydrogens (tertiary/aromatic N) is 1.